The number of rotatable bonds is 8. The number of ketones is 1. The van der Waals surface area contributed by atoms with Crippen LogP contribution in [0.3, 0.4) is 0 Å². The molecule has 3 aromatic carbocycles. The molecule has 220 valence electrons. The summed E-state index contributed by atoms with van der Waals surface area (Å²) in [5.41, 5.74) is 0.901. The number of aromatic hydroxyl groups is 1. The van der Waals surface area contributed by atoms with Crippen molar-refractivity contribution in [2.24, 2.45) is 0 Å². The highest BCUT2D eigenvalue weighted by Crippen LogP contribution is 2.45. The van der Waals surface area contributed by atoms with Gasteiger partial charge in [-0.3, -0.25) is 24.6 Å². The van der Waals surface area contributed by atoms with Crippen LogP contribution in [0, 0.1) is 17.0 Å². The summed E-state index contributed by atoms with van der Waals surface area (Å²) in [6, 6.07) is 13.9. The number of nitro groups is 1. The Morgan fingerprint density at radius 1 is 1.09 bits per heavy atom. The highest BCUT2D eigenvalue weighted by atomic mass is 32.2. The van der Waals surface area contributed by atoms with Crippen molar-refractivity contribution in [3.8, 4) is 11.5 Å². The first kappa shape index (κ1) is 29.4. The number of aromatic nitrogens is 1. The lowest BCUT2D eigenvalue weighted by molar-refractivity contribution is -0.384. The second-order valence-electron chi connectivity index (χ2n) is 9.41. The van der Waals surface area contributed by atoms with Crippen LogP contribution >= 0.6 is 11.3 Å². The molecule has 1 aliphatic heterocycles. The number of thiazole rings is 1. The summed E-state index contributed by atoms with van der Waals surface area (Å²) in [6.45, 7) is 3.76. The van der Waals surface area contributed by atoms with Crippen molar-refractivity contribution in [2.75, 3.05) is 11.5 Å². The minimum absolute atomic E-state index is 0.0708. The van der Waals surface area contributed by atoms with E-state index >= 15 is 0 Å². The molecular formula is C29H23N3O9S2. The van der Waals surface area contributed by atoms with Crippen molar-refractivity contribution in [2.45, 2.75) is 29.0 Å². The third kappa shape index (κ3) is 5.33. The molecule has 5 rings (SSSR count). The molecule has 1 saturated heterocycles. The minimum atomic E-state index is -4.20. The number of hydrogen-bond donors (Lipinski definition) is 2. The molecule has 1 aliphatic rings. The molecule has 1 amide bonds. The maximum absolute atomic E-state index is 13.5. The highest BCUT2D eigenvalue weighted by molar-refractivity contribution is 7.93. The van der Waals surface area contributed by atoms with Gasteiger partial charge >= 0.3 is 5.91 Å². The second kappa shape index (κ2) is 11.3. The molecule has 0 bridgehead atoms. The van der Waals surface area contributed by atoms with Gasteiger partial charge in [-0.25, -0.2) is 13.4 Å². The number of sulfone groups is 1. The number of hydrogen-bond acceptors (Lipinski definition) is 11. The monoisotopic (exact) mass is 621 g/mol. The van der Waals surface area contributed by atoms with Gasteiger partial charge < -0.3 is 14.9 Å². The molecule has 1 fully saturated rings. The molecule has 4 aromatic rings. The molecule has 0 saturated carbocycles. The number of phenolic OH excluding ortho intramolecular Hbond substituents is 1. The van der Waals surface area contributed by atoms with Gasteiger partial charge in [0.05, 0.1) is 34.2 Å². The zero-order chi connectivity index (χ0) is 31.1. The lowest BCUT2D eigenvalue weighted by Crippen LogP contribution is -2.29. The Morgan fingerprint density at radius 3 is 2.40 bits per heavy atom. The Balaban J connectivity index is 1.65. The molecule has 1 aromatic heterocycles. The van der Waals surface area contributed by atoms with E-state index in [1.165, 1.54) is 18.2 Å². The molecule has 43 heavy (non-hydrogen) atoms. The predicted molar refractivity (Wildman–Crippen MR) is 156 cm³/mol. The fourth-order valence-electron chi connectivity index (χ4n) is 4.53. The van der Waals surface area contributed by atoms with Crippen LogP contribution < -0.4 is 9.64 Å². The van der Waals surface area contributed by atoms with Crippen LogP contribution in [0.4, 0.5) is 10.8 Å². The topological polar surface area (TPSA) is 177 Å². The van der Waals surface area contributed by atoms with E-state index < -0.39 is 38.3 Å². The van der Waals surface area contributed by atoms with Gasteiger partial charge in [-0.1, -0.05) is 47.2 Å². The van der Waals surface area contributed by atoms with Crippen LogP contribution in [-0.4, -0.2) is 46.8 Å². The van der Waals surface area contributed by atoms with Crippen molar-refractivity contribution >= 4 is 49.4 Å². The first-order valence-electron chi connectivity index (χ1n) is 12.7. The second-order valence-corrected chi connectivity index (χ2v) is 12.6. The van der Waals surface area contributed by atoms with E-state index in [2.05, 4.69) is 4.98 Å². The number of benzene rings is 3. The van der Waals surface area contributed by atoms with Crippen LogP contribution in [-0.2, 0) is 19.4 Å². The standard InChI is InChI=1S/C29H23N3O9S2/c1-3-41-22-14-18(8-13-21(22)33)25-24(26(34)17-6-4-16(2)5-7-17)27(35)28(36)31(25)29-30-15-23(42-29)43(39,40)20-11-9-19(10-12-20)32(37)38/h4-15,25,33-34H,3H2,1-2H3/b26-24+. The Kier molecular flexibility index (Phi) is 7.73. The Bertz CT molecular complexity index is 1900. The number of anilines is 1. The normalized spacial score (nSPS) is 16.4. The number of non-ortho nitro benzene ring substituents is 1. The number of carbonyl (C=O) groups excluding carboxylic acids is 2. The Hall–Kier alpha value is -5.08. The summed E-state index contributed by atoms with van der Waals surface area (Å²) in [5.74, 6) is -2.65. The minimum Gasteiger partial charge on any atom is -0.507 e. The first-order valence-corrected chi connectivity index (χ1v) is 15.0. The molecular weight excluding hydrogens is 598 g/mol. The zero-order valence-electron chi connectivity index (χ0n) is 22.6. The molecule has 14 heteroatoms. The molecule has 0 aliphatic carbocycles. The quantitative estimate of drug-likeness (QED) is 0.0902. The maximum Gasteiger partial charge on any atom is 0.301 e. The number of aliphatic hydroxyl groups excluding tert-OH is 1. The number of aliphatic hydroxyl groups is 1. The largest absolute Gasteiger partial charge is 0.507 e. The average Bonchev–Trinajstić information content (AvgIpc) is 3.58. The van der Waals surface area contributed by atoms with Crippen LogP contribution in [0.25, 0.3) is 5.76 Å². The predicted octanol–water partition coefficient (Wildman–Crippen LogP) is 4.92. The van der Waals surface area contributed by atoms with Crippen molar-refractivity contribution < 1.29 is 37.9 Å². The van der Waals surface area contributed by atoms with Gasteiger partial charge in [0.15, 0.2) is 16.6 Å². The average molecular weight is 622 g/mol. The number of nitrogens with zero attached hydrogens (tertiary/aromatic N) is 3. The van der Waals surface area contributed by atoms with E-state index in [-0.39, 0.29) is 54.7 Å². The SMILES string of the molecule is CCOc1cc(C2/C(=C(\O)c3ccc(C)cc3)C(=O)C(=O)N2c2ncc(S(=O)(=O)c3ccc([N+](=O)[O-])cc3)s2)ccc1O. The number of amides is 1. The number of ether oxygens (including phenoxy) is 1. The van der Waals surface area contributed by atoms with Gasteiger partial charge in [-0.05, 0) is 43.7 Å². The van der Waals surface area contributed by atoms with Gasteiger partial charge in [0.25, 0.3) is 11.5 Å². The number of phenols is 1. The lowest BCUT2D eigenvalue weighted by Gasteiger charge is -2.23. The van der Waals surface area contributed by atoms with E-state index in [0.29, 0.717) is 11.3 Å². The summed E-state index contributed by atoms with van der Waals surface area (Å²) in [7, 11) is -4.20. The molecule has 2 N–H and O–H groups in total. The van der Waals surface area contributed by atoms with Crippen molar-refractivity contribution in [3.63, 3.8) is 0 Å². The van der Waals surface area contributed by atoms with Gasteiger partial charge in [0, 0.05) is 17.7 Å². The van der Waals surface area contributed by atoms with E-state index in [1.807, 2.05) is 6.92 Å². The first-order chi connectivity index (χ1) is 20.4. The van der Waals surface area contributed by atoms with Gasteiger partial charge in [-0.15, -0.1) is 0 Å². The van der Waals surface area contributed by atoms with Crippen molar-refractivity contribution in [1.29, 1.82) is 0 Å². The summed E-state index contributed by atoms with van der Waals surface area (Å²) in [5, 5.41) is 32.4. The highest BCUT2D eigenvalue weighted by Gasteiger charge is 2.48. The molecule has 1 unspecified atom stereocenters. The van der Waals surface area contributed by atoms with Crippen LogP contribution in [0.5, 0.6) is 11.5 Å². The fourth-order valence-corrected chi connectivity index (χ4v) is 7.08. The smallest absolute Gasteiger partial charge is 0.301 e. The zero-order valence-corrected chi connectivity index (χ0v) is 24.3. The summed E-state index contributed by atoms with van der Waals surface area (Å²) >= 11 is 0.611. The van der Waals surface area contributed by atoms with E-state index in [4.69, 9.17) is 4.74 Å². The van der Waals surface area contributed by atoms with E-state index in [1.54, 1.807) is 31.2 Å². The molecule has 12 nitrogen and oxygen atoms in total. The Labute approximate surface area is 249 Å². The lowest BCUT2D eigenvalue weighted by atomic mass is 9.95. The van der Waals surface area contributed by atoms with E-state index in [0.717, 1.165) is 40.9 Å². The van der Waals surface area contributed by atoms with Gasteiger partial charge in [-0.2, -0.15) is 0 Å². The molecule has 1 atom stereocenters. The Morgan fingerprint density at radius 2 is 1.77 bits per heavy atom. The van der Waals surface area contributed by atoms with Crippen molar-refractivity contribution in [3.05, 3.63) is 105 Å². The third-order valence-electron chi connectivity index (χ3n) is 6.67. The molecule has 0 radical (unpaired) electrons. The van der Waals surface area contributed by atoms with Crippen molar-refractivity contribution in [1.82, 2.24) is 4.98 Å². The summed E-state index contributed by atoms with van der Waals surface area (Å²) < 4.78 is 31.8. The maximum atomic E-state index is 13.5. The number of aryl methyl sites for hydroxylation is 1. The van der Waals surface area contributed by atoms with Crippen LogP contribution in [0.1, 0.15) is 29.7 Å². The van der Waals surface area contributed by atoms with Crippen LogP contribution in [0.15, 0.2) is 87.6 Å². The van der Waals surface area contributed by atoms with E-state index in [9.17, 15) is 38.3 Å². The third-order valence-corrected chi connectivity index (χ3v) is 9.90. The molecule has 2 heterocycles. The number of Topliss-reactive ketones (excluding diaryl/α,β-unsaturated/α-hetero) is 1. The van der Waals surface area contributed by atoms with Gasteiger partial charge in [0.1, 0.15) is 9.97 Å². The fraction of sp³-hybridized carbons (Fsp3) is 0.138. The molecule has 0 spiro atoms. The van der Waals surface area contributed by atoms with Crippen LogP contribution in [0.2, 0.25) is 0 Å². The number of nitro benzene ring substituents is 1. The number of carbonyl (C=O) groups is 2. The summed E-state index contributed by atoms with van der Waals surface area (Å²) in [6.07, 6.45) is 1.02. The summed E-state index contributed by atoms with van der Waals surface area (Å²) in [4.78, 5) is 42.2. The van der Waals surface area contributed by atoms with Gasteiger partial charge in [0.2, 0.25) is 9.84 Å².